The van der Waals surface area contributed by atoms with Gasteiger partial charge in [0.2, 0.25) is 0 Å². The van der Waals surface area contributed by atoms with Crippen LogP contribution in [0.5, 0.6) is 17.2 Å². The molecule has 4 heterocycles. The van der Waals surface area contributed by atoms with E-state index in [1.54, 1.807) is 0 Å². The van der Waals surface area contributed by atoms with Crippen molar-refractivity contribution in [1.29, 1.82) is 0 Å². The number of ether oxygens (including phenoxy) is 1. The van der Waals surface area contributed by atoms with Crippen LogP contribution >= 0.6 is 0 Å². The highest BCUT2D eigenvalue weighted by Gasteiger charge is 2.41. The van der Waals surface area contributed by atoms with Crippen LogP contribution in [0.25, 0.3) is 88.4 Å². The maximum atomic E-state index is 7.06. The molecule has 0 amide bonds. The summed E-state index contributed by atoms with van der Waals surface area (Å²) in [6.07, 6.45) is 0. The quantitative estimate of drug-likeness (QED) is 0.168. The average molecular weight is 753 g/mol. The van der Waals surface area contributed by atoms with E-state index in [1.165, 1.54) is 43.6 Å². The molecular formula is C54H33BN2O2. The fourth-order valence-electron chi connectivity index (χ4n) is 9.81. The Hall–Kier alpha value is -7.76. The maximum absolute atomic E-state index is 7.06. The third-order valence-electron chi connectivity index (χ3n) is 12.4. The molecule has 2 aliphatic heterocycles. The Morgan fingerprint density at radius 3 is 1.61 bits per heavy atom. The van der Waals surface area contributed by atoms with E-state index >= 15 is 0 Å². The highest BCUT2D eigenvalue weighted by Crippen LogP contribution is 2.44. The SMILES string of the molecule is c1cc(-c2ccc3c(c2)Oc2cc(-c4ccccc4-n4c5ccccc5c5ccccc54)cc4c2B3Oc2ccccc2-4)cc(-n2c3ccccc3c3ccccc32)c1. The molecule has 2 aromatic heterocycles. The van der Waals surface area contributed by atoms with Crippen molar-refractivity contribution in [2.45, 2.75) is 0 Å². The Morgan fingerprint density at radius 1 is 0.356 bits per heavy atom. The molecule has 0 unspecified atom stereocenters. The van der Waals surface area contributed by atoms with Gasteiger partial charge in [-0.2, -0.15) is 0 Å². The van der Waals surface area contributed by atoms with Gasteiger partial charge in [0.15, 0.2) is 0 Å². The molecule has 0 radical (unpaired) electrons. The lowest BCUT2D eigenvalue weighted by atomic mass is 9.50. The van der Waals surface area contributed by atoms with Gasteiger partial charge in [-0.1, -0.05) is 133 Å². The lowest BCUT2D eigenvalue weighted by Crippen LogP contribution is -2.53. The molecule has 59 heavy (non-hydrogen) atoms. The van der Waals surface area contributed by atoms with Gasteiger partial charge in [-0.25, -0.2) is 0 Å². The van der Waals surface area contributed by atoms with Crippen LogP contribution < -0.4 is 20.3 Å². The van der Waals surface area contributed by atoms with Gasteiger partial charge in [0.1, 0.15) is 17.2 Å². The number of fused-ring (bicyclic) bond motifs is 10. The van der Waals surface area contributed by atoms with E-state index < -0.39 is 0 Å². The van der Waals surface area contributed by atoms with Crippen LogP contribution in [0.2, 0.25) is 0 Å². The summed E-state index contributed by atoms with van der Waals surface area (Å²) in [4.78, 5) is 0. The Bertz CT molecular complexity index is 3430. The van der Waals surface area contributed by atoms with Gasteiger partial charge in [0, 0.05) is 49.3 Å². The minimum Gasteiger partial charge on any atom is -0.551 e. The zero-order chi connectivity index (χ0) is 38.6. The van der Waals surface area contributed by atoms with Crippen LogP contribution in [0.15, 0.2) is 200 Å². The van der Waals surface area contributed by atoms with E-state index in [0.29, 0.717) is 0 Å². The first kappa shape index (κ1) is 32.3. The van der Waals surface area contributed by atoms with Crippen molar-refractivity contribution < 1.29 is 9.39 Å². The van der Waals surface area contributed by atoms with E-state index in [9.17, 15) is 0 Å². The molecule has 0 fully saturated rings. The number of nitrogens with zero attached hydrogens (tertiary/aromatic N) is 2. The molecule has 0 spiro atoms. The molecule has 0 atom stereocenters. The zero-order valence-corrected chi connectivity index (χ0v) is 31.8. The molecule has 5 heteroatoms. The fraction of sp³-hybridized carbons (Fsp3) is 0. The lowest BCUT2D eigenvalue weighted by Gasteiger charge is -2.33. The zero-order valence-electron chi connectivity index (χ0n) is 31.8. The standard InChI is InChI=1S/C54H33BN2O2/c1-7-22-46(57-49-25-10-4-19-41(49)42-20-5-11-26-50(42)57)38(16-1)36-31-44-43-21-6-12-27-51(43)59-55-45-29-28-35(32-52(45)58-53(33-36)54(44)55)34-14-13-15-37(30-34)56-47-23-8-2-17-39(47)40-18-3-9-24-48(40)56/h1-33H. The monoisotopic (exact) mass is 752 g/mol. The molecule has 0 saturated carbocycles. The minimum absolute atomic E-state index is 0.307. The number of benzene rings is 9. The topological polar surface area (TPSA) is 28.3 Å². The second-order valence-electron chi connectivity index (χ2n) is 15.6. The maximum Gasteiger partial charge on any atom is 0.434 e. The summed E-state index contributed by atoms with van der Waals surface area (Å²) in [6.45, 7) is -0.307. The van der Waals surface area contributed by atoms with Crippen molar-refractivity contribution in [3.63, 3.8) is 0 Å². The summed E-state index contributed by atoms with van der Waals surface area (Å²) in [5, 5.41) is 4.98. The van der Waals surface area contributed by atoms with Crippen molar-refractivity contribution >= 4 is 61.5 Å². The number of rotatable bonds is 4. The average Bonchev–Trinajstić information content (AvgIpc) is 3.82. The van der Waals surface area contributed by atoms with E-state index in [1.807, 2.05) is 0 Å². The third-order valence-corrected chi connectivity index (χ3v) is 12.4. The van der Waals surface area contributed by atoms with Crippen LogP contribution in [-0.4, -0.2) is 16.0 Å². The van der Waals surface area contributed by atoms with E-state index in [2.05, 4.69) is 209 Å². The summed E-state index contributed by atoms with van der Waals surface area (Å²) >= 11 is 0. The molecule has 4 nitrogen and oxygen atoms in total. The molecule has 274 valence electrons. The second kappa shape index (κ2) is 12.4. The fourth-order valence-corrected chi connectivity index (χ4v) is 9.81. The summed E-state index contributed by atoms with van der Waals surface area (Å²) < 4.78 is 18.7. The minimum atomic E-state index is -0.307. The Balaban J connectivity index is 0.967. The molecule has 13 rings (SSSR count). The first-order valence-electron chi connectivity index (χ1n) is 20.2. The summed E-state index contributed by atoms with van der Waals surface area (Å²) in [6, 6.07) is 71.7. The second-order valence-corrected chi connectivity index (χ2v) is 15.6. The molecule has 0 aliphatic carbocycles. The first-order chi connectivity index (χ1) is 29.3. The van der Waals surface area contributed by atoms with Crippen molar-refractivity contribution in [3.8, 4) is 62.0 Å². The Morgan fingerprint density at radius 2 is 0.915 bits per heavy atom. The van der Waals surface area contributed by atoms with Gasteiger partial charge >= 0.3 is 6.92 Å². The highest BCUT2D eigenvalue weighted by molar-refractivity contribution is 6.84. The van der Waals surface area contributed by atoms with Crippen LogP contribution in [0.4, 0.5) is 0 Å². The van der Waals surface area contributed by atoms with Crippen molar-refractivity contribution in [1.82, 2.24) is 9.13 Å². The Kier molecular flexibility index (Phi) is 6.78. The summed E-state index contributed by atoms with van der Waals surface area (Å²) in [5.74, 6) is 2.50. The van der Waals surface area contributed by atoms with Gasteiger partial charge in [-0.15, -0.1) is 0 Å². The summed E-state index contributed by atoms with van der Waals surface area (Å²) in [7, 11) is 0. The molecular weight excluding hydrogens is 719 g/mol. The molecule has 0 saturated heterocycles. The first-order valence-corrected chi connectivity index (χ1v) is 20.2. The van der Waals surface area contributed by atoms with Gasteiger partial charge in [0.05, 0.1) is 27.8 Å². The predicted octanol–water partition coefficient (Wildman–Crippen LogP) is 12.5. The molecule has 0 N–H and O–H groups in total. The predicted molar refractivity (Wildman–Crippen MR) is 244 cm³/mol. The molecule has 9 aromatic carbocycles. The van der Waals surface area contributed by atoms with Crippen LogP contribution in [0.1, 0.15) is 0 Å². The smallest absolute Gasteiger partial charge is 0.434 e. The van der Waals surface area contributed by atoms with Crippen LogP contribution in [0, 0.1) is 0 Å². The third kappa shape index (κ3) is 4.73. The van der Waals surface area contributed by atoms with Gasteiger partial charge in [0.25, 0.3) is 0 Å². The molecule has 11 aromatic rings. The van der Waals surface area contributed by atoms with Crippen LogP contribution in [-0.2, 0) is 0 Å². The number of hydrogen-bond acceptors (Lipinski definition) is 2. The van der Waals surface area contributed by atoms with E-state index in [0.717, 1.165) is 72.9 Å². The van der Waals surface area contributed by atoms with Crippen molar-refractivity contribution in [3.05, 3.63) is 200 Å². The Labute approximate surface area is 340 Å². The number of aromatic nitrogens is 2. The largest absolute Gasteiger partial charge is 0.551 e. The molecule has 0 bridgehead atoms. The number of para-hydroxylation sites is 6. The van der Waals surface area contributed by atoms with Crippen molar-refractivity contribution in [2.24, 2.45) is 0 Å². The normalized spacial score (nSPS) is 12.6. The number of hydrogen-bond donors (Lipinski definition) is 0. The highest BCUT2D eigenvalue weighted by atomic mass is 16.5. The van der Waals surface area contributed by atoms with E-state index in [-0.39, 0.29) is 6.92 Å². The van der Waals surface area contributed by atoms with Crippen LogP contribution in [0.3, 0.4) is 0 Å². The lowest BCUT2D eigenvalue weighted by molar-refractivity contribution is 0.480. The molecule has 2 aliphatic rings. The van der Waals surface area contributed by atoms with Gasteiger partial charge in [-0.05, 0) is 89.0 Å². The van der Waals surface area contributed by atoms with E-state index in [4.69, 9.17) is 9.39 Å². The van der Waals surface area contributed by atoms with Crippen molar-refractivity contribution in [2.75, 3.05) is 0 Å². The summed E-state index contributed by atoms with van der Waals surface area (Å²) in [5.41, 5.74) is 15.7. The van der Waals surface area contributed by atoms with Gasteiger partial charge in [-0.3, -0.25) is 0 Å². The van der Waals surface area contributed by atoms with Gasteiger partial charge < -0.3 is 18.5 Å².